The van der Waals surface area contributed by atoms with Gasteiger partial charge in [0.1, 0.15) is 19.2 Å². The molecule has 1 aliphatic carbocycles. The lowest BCUT2D eigenvalue weighted by Gasteiger charge is -2.31. The molecule has 0 radical (unpaired) electrons. The topological polar surface area (TPSA) is 175 Å². The number of aliphatic hydroxyl groups is 1. The number of alkyl halides is 3. The Labute approximate surface area is 257 Å². The molecule has 3 aromatic rings. The summed E-state index contributed by atoms with van der Waals surface area (Å²) in [6.45, 7) is 1.24. The van der Waals surface area contributed by atoms with Gasteiger partial charge < -0.3 is 35.5 Å². The summed E-state index contributed by atoms with van der Waals surface area (Å²) in [6.07, 6.45) is -7.89. The van der Waals surface area contributed by atoms with Gasteiger partial charge in [-0.1, -0.05) is 6.92 Å². The Bertz CT molecular complexity index is 1890. The van der Waals surface area contributed by atoms with Crippen molar-refractivity contribution in [2.24, 2.45) is 5.73 Å². The van der Waals surface area contributed by atoms with Crippen molar-refractivity contribution < 1.29 is 46.5 Å². The molecule has 1 aromatic carbocycles. The first kappa shape index (κ1) is 31.6. The molecule has 0 spiro atoms. The number of cyclic esters (lactones) is 1. The van der Waals surface area contributed by atoms with Crippen LogP contribution in [0.4, 0.5) is 17.6 Å². The van der Waals surface area contributed by atoms with E-state index in [0.29, 0.717) is 27.6 Å². The van der Waals surface area contributed by atoms with Crippen LogP contribution in [-0.2, 0) is 49.0 Å². The molecule has 3 atom stereocenters. The van der Waals surface area contributed by atoms with E-state index in [1.165, 1.54) is 16.7 Å². The van der Waals surface area contributed by atoms with Crippen molar-refractivity contribution in [3.8, 4) is 11.4 Å². The number of nitrogens with zero attached hydrogens (tertiary/aromatic N) is 2. The Morgan fingerprint density at radius 3 is 2.67 bits per heavy atom. The normalized spacial score (nSPS) is 20.4. The zero-order chi connectivity index (χ0) is 33.3. The number of ether oxygens (including phenoxy) is 2. The molecule has 244 valence electrons. The number of amides is 2. The first-order valence-corrected chi connectivity index (χ1v) is 14.5. The van der Waals surface area contributed by atoms with Crippen LogP contribution in [0.25, 0.3) is 22.3 Å². The van der Waals surface area contributed by atoms with E-state index < -0.39 is 66.4 Å². The van der Waals surface area contributed by atoms with Gasteiger partial charge in [0.2, 0.25) is 12.0 Å². The molecule has 0 fully saturated rings. The van der Waals surface area contributed by atoms with E-state index in [9.17, 15) is 37.5 Å². The quantitative estimate of drug-likeness (QED) is 0.132. The highest BCUT2D eigenvalue weighted by Gasteiger charge is 2.48. The molecule has 46 heavy (non-hydrogen) atoms. The number of rotatable bonds is 7. The van der Waals surface area contributed by atoms with Gasteiger partial charge in [-0.15, -0.1) is 0 Å². The summed E-state index contributed by atoms with van der Waals surface area (Å²) in [5, 5.41) is 16.1. The fourth-order valence-electron chi connectivity index (χ4n) is 6.54. The minimum Gasteiger partial charge on any atom is -0.458 e. The summed E-state index contributed by atoms with van der Waals surface area (Å²) < 4.78 is 68.1. The summed E-state index contributed by atoms with van der Waals surface area (Å²) in [7, 11) is 0. The average molecular weight is 648 g/mol. The number of benzene rings is 1. The van der Waals surface area contributed by atoms with E-state index in [2.05, 4.69) is 10.3 Å². The predicted octanol–water partition coefficient (Wildman–Crippen LogP) is 1.61. The third-order valence-corrected chi connectivity index (χ3v) is 8.93. The van der Waals surface area contributed by atoms with Gasteiger partial charge in [-0.2, -0.15) is 13.2 Å². The first-order valence-electron chi connectivity index (χ1n) is 14.5. The predicted molar refractivity (Wildman–Crippen MR) is 151 cm³/mol. The largest absolute Gasteiger partial charge is 0.458 e. The van der Waals surface area contributed by atoms with Crippen LogP contribution in [0.1, 0.15) is 59.2 Å². The highest BCUT2D eigenvalue weighted by atomic mass is 19.4. The van der Waals surface area contributed by atoms with Crippen molar-refractivity contribution in [3.63, 3.8) is 0 Å². The number of carbonyl (C=O) groups is 3. The number of nitrogens with two attached hydrogens (primary N) is 1. The number of hydrogen-bond acceptors (Lipinski definition) is 9. The molecule has 5 N–H and O–H groups in total. The summed E-state index contributed by atoms with van der Waals surface area (Å²) in [4.78, 5) is 55.5. The molecule has 2 aromatic heterocycles. The second kappa shape index (κ2) is 11.1. The number of fused-ring (bicyclic) bond motifs is 5. The lowest BCUT2D eigenvalue weighted by atomic mass is 9.81. The number of nitrogens with one attached hydrogen (secondary N) is 2. The number of esters is 1. The molecule has 16 heteroatoms. The minimum absolute atomic E-state index is 0.0541. The van der Waals surface area contributed by atoms with Crippen LogP contribution in [0.5, 0.6) is 0 Å². The van der Waals surface area contributed by atoms with Gasteiger partial charge in [-0.05, 0) is 48.9 Å². The molecule has 12 nitrogen and oxygen atoms in total. The molecule has 4 heterocycles. The number of aryl methyl sites for hydroxylation is 1. The summed E-state index contributed by atoms with van der Waals surface area (Å²) in [5.41, 5.74) is 4.84. The van der Waals surface area contributed by atoms with Crippen molar-refractivity contribution in [2.75, 3.05) is 13.3 Å². The van der Waals surface area contributed by atoms with Gasteiger partial charge in [-0.3, -0.25) is 14.4 Å². The molecule has 1 unspecified atom stereocenters. The molecule has 2 aliphatic heterocycles. The van der Waals surface area contributed by atoms with Gasteiger partial charge in [0, 0.05) is 22.6 Å². The van der Waals surface area contributed by atoms with Crippen LogP contribution < -0.4 is 21.9 Å². The van der Waals surface area contributed by atoms with E-state index in [0.717, 1.165) is 0 Å². The summed E-state index contributed by atoms with van der Waals surface area (Å²) in [5.74, 6) is -3.78. The molecular formula is C30H29F4N5O7. The maximum absolute atomic E-state index is 15.1. The fraction of sp³-hybridized carbons (Fsp3) is 0.433. The van der Waals surface area contributed by atoms with E-state index in [1.807, 2.05) is 5.32 Å². The maximum Gasteiger partial charge on any atom is 0.423 e. The third-order valence-electron chi connectivity index (χ3n) is 8.93. The van der Waals surface area contributed by atoms with Gasteiger partial charge >= 0.3 is 12.1 Å². The second-order valence-electron chi connectivity index (χ2n) is 11.4. The smallest absolute Gasteiger partial charge is 0.423 e. The Hall–Kier alpha value is -4.41. The Morgan fingerprint density at radius 2 is 2.00 bits per heavy atom. The van der Waals surface area contributed by atoms with Crippen LogP contribution in [0.2, 0.25) is 0 Å². The SMILES string of the molecule is CC[C@@]1(O)C(=O)OCc2c1cc1n(c2=O)Cc2c-1nc1cc(F)c(C)c3c1c2[C@@H](NC(=O)C(OCNC(=O)CN)C(F)(F)F)CC3. The Morgan fingerprint density at radius 1 is 1.26 bits per heavy atom. The molecule has 6 rings (SSSR count). The molecule has 0 saturated heterocycles. The molecule has 0 bridgehead atoms. The van der Waals surface area contributed by atoms with E-state index in [1.54, 1.807) is 13.8 Å². The highest BCUT2D eigenvalue weighted by molar-refractivity contribution is 5.94. The average Bonchev–Trinajstić information content (AvgIpc) is 3.38. The van der Waals surface area contributed by atoms with Gasteiger partial charge in [0.15, 0.2) is 5.60 Å². The zero-order valence-electron chi connectivity index (χ0n) is 24.6. The summed E-state index contributed by atoms with van der Waals surface area (Å²) >= 11 is 0. The van der Waals surface area contributed by atoms with Crippen molar-refractivity contribution in [2.45, 2.75) is 70.2 Å². The van der Waals surface area contributed by atoms with Crippen molar-refractivity contribution in [1.82, 2.24) is 20.2 Å². The lowest BCUT2D eigenvalue weighted by molar-refractivity contribution is -0.220. The number of halogens is 4. The van der Waals surface area contributed by atoms with Crippen LogP contribution in [0, 0.1) is 12.7 Å². The van der Waals surface area contributed by atoms with Gasteiger partial charge in [0.05, 0.1) is 41.6 Å². The van der Waals surface area contributed by atoms with Gasteiger partial charge in [-0.25, -0.2) is 14.2 Å². The van der Waals surface area contributed by atoms with E-state index in [4.69, 9.17) is 15.2 Å². The number of aromatic nitrogens is 2. The Balaban J connectivity index is 1.48. The van der Waals surface area contributed by atoms with Crippen molar-refractivity contribution in [1.29, 1.82) is 0 Å². The lowest BCUT2D eigenvalue weighted by Crippen LogP contribution is -2.49. The van der Waals surface area contributed by atoms with Crippen LogP contribution in [0.15, 0.2) is 16.9 Å². The van der Waals surface area contributed by atoms with Gasteiger partial charge in [0.25, 0.3) is 11.5 Å². The molecule has 3 aliphatic rings. The minimum atomic E-state index is -5.14. The summed E-state index contributed by atoms with van der Waals surface area (Å²) in [6, 6.07) is 1.61. The first-order chi connectivity index (χ1) is 21.7. The molecular weight excluding hydrogens is 618 g/mol. The number of pyridine rings is 2. The molecule has 0 saturated carbocycles. The van der Waals surface area contributed by atoms with E-state index in [-0.39, 0.29) is 60.4 Å². The fourth-order valence-corrected chi connectivity index (χ4v) is 6.54. The highest BCUT2D eigenvalue weighted by Crippen LogP contribution is 2.46. The standard InChI is InChI=1S/C30H29F4N5O7/c1-3-29(44)16-6-20-24-14(9-39(20)27(42)15(16)10-45-28(29)43)23-18(5-4-13-12(2)17(31)7-19(37-24)22(13)23)38-26(41)25(30(32,33)34)46-11-36-21(40)8-35/h6-7,18,25,44H,3-5,8-11,35H2,1-2H3,(H,36,40)(H,38,41)/t18-,25?,29-/m0/s1. The van der Waals surface area contributed by atoms with E-state index >= 15 is 4.39 Å². The second-order valence-corrected chi connectivity index (χ2v) is 11.4. The third kappa shape index (κ3) is 4.82. The van der Waals surface area contributed by atoms with Crippen LogP contribution >= 0.6 is 0 Å². The van der Waals surface area contributed by atoms with Crippen molar-refractivity contribution in [3.05, 3.63) is 61.7 Å². The maximum atomic E-state index is 15.1. The number of carbonyl (C=O) groups excluding carboxylic acids is 3. The monoisotopic (exact) mass is 647 g/mol. The van der Waals surface area contributed by atoms with Crippen molar-refractivity contribution >= 4 is 28.7 Å². The number of hydrogen-bond donors (Lipinski definition) is 4. The van der Waals surface area contributed by atoms with Crippen LogP contribution in [-0.4, -0.2) is 58.0 Å². The van der Waals surface area contributed by atoms with Crippen LogP contribution in [0.3, 0.4) is 0 Å². The molecule has 2 amide bonds. The zero-order valence-corrected chi connectivity index (χ0v) is 24.6. The Kier molecular flexibility index (Phi) is 7.64.